The van der Waals surface area contributed by atoms with E-state index in [2.05, 4.69) is 235 Å². The first-order chi connectivity index (χ1) is 45.3. The molecule has 25 heteroatoms. The number of thiol groups is 10. The van der Waals surface area contributed by atoms with Crippen LogP contribution in [0.2, 0.25) is 0 Å². The summed E-state index contributed by atoms with van der Waals surface area (Å²) >= 11 is 43.0. The van der Waals surface area contributed by atoms with Gasteiger partial charge in [0.05, 0.1) is 6.04 Å². The average Bonchev–Trinajstić information content (AvgIpc) is 1.68. The highest BCUT2D eigenvalue weighted by atomic mass is 32.1. The van der Waals surface area contributed by atoms with Crippen molar-refractivity contribution in [3.63, 3.8) is 0 Å². The van der Waals surface area contributed by atoms with E-state index < -0.39 is 0 Å². The lowest BCUT2D eigenvalue weighted by Crippen LogP contribution is -2.36. The quantitative estimate of drug-likeness (QED) is 0.0279. The number of carbonyl (C=O) groups excluding carboxylic acids is 5. The van der Waals surface area contributed by atoms with Gasteiger partial charge in [-0.2, -0.15) is 126 Å². The molecule has 536 valence electrons. The van der Waals surface area contributed by atoms with E-state index in [1.165, 1.54) is 27.8 Å². The first kappa shape index (κ1) is 84.9. The van der Waals surface area contributed by atoms with E-state index >= 15 is 0 Å². The van der Waals surface area contributed by atoms with Crippen molar-refractivity contribution >= 4 is 156 Å². The zero-order valence-electron chi connectivity index (χ0n) is 57.8. The van der Waals surface area contributed by atoms with Crippen LogP contribution in [0.1, 0.15) is 134 Å². The zero-order valence-corrected chi connectivity index (χ0v) is 66.8. The Bertz CT molecular complexity index is 2570. The maximum absolute atomic E-state index is 12.7. The first-order valence-corrected chi connectivity index (χ1v) is 39.9. The molecule has 0 aromatic heterocycles. The van der Waals surface area contributed by atoms with Crippen molar-refractivity contribution in [2.45, 2.75) is 158 Å². The average molecular weight is 1500 g/mol. The van der Waals surface area contributed by atoms with Crippen LogP contribution in [0.3, 0.4) is 0 Å². The van der Waals surface area contributed by atoms with Gasteiger partial charge in [-0.3, -0.25) is 0 Å². The van der Waals surface area contributed by atoms with Crippen molar-refractivity contribution in [2.75, 3.05) is 139 Å². The zero-order chi connectivity index (χ0) is 70.1. The number of benzene rings is 3. The first-order valence-electron chi connectivity index (χ1n) is 34.2. The summed E-state index contributed by atoms with van der Waals surface area (Å²) in [4.78, 5) is 80.6. The van der Waals surface area contributed by atoms with Gasteiger partial charge in [0.2, 0.25) is 0 Å². The van der Waals surface area contributed by atoms with Gasteiger partial charge in [0.25, 0.3) is 0 Å². The molecule has 5 heterocycles. The molecular formula is C70H116N10O5S10. The van der Waals surface area contributed by atoms with Crippen molar-refractivity contribution in [3.8, 4) is 0 Å². The molecule has 5 saturated heterocycles. The molecule has 0 N–H and O–H groups in total. The third-order valence-corrected chi connectivity index (χ3v) is 19.7. The fourth-order valence-corrected chi connectivity index (χ4v) is 12.8. The molecule has 5 aliphatic rings. The SMILES string of the molecule is CC(C)(S)CCN1CCN(CCC(C)(C)S)C1=O.CC(S)CCN1CCN(CCC(C)S)C1=O.CC1CN(CCCS)C(=O)N1CCCS.O=C1N(CCCS)CC(c2ccccc2)N1CCCS.O=C1N(Cc2ccc(CCS)cc2)CCN1Cc1ccc(CCS)cc1. The molecule has 0 bridgehead atoms. The van der Waals surface area contributed by atoms with Crippen LogP contribution in [0.15, 0.2) is 78.9 Å². The minimum absolute atomic E-state index is 0.0131. The Morgan fingerprint density at radius 1 is 0.400 bits per heavy atom. The van der Waals surface area contributed by atoms with Crippen molar-refractivity contribution in [2.24, 2.45) is 0 Å². The summed E-state index contributed by atoms with van der Waals surface area (Å²) in [5.41, 5.74) is 6.16. The van der Waals surface area contributed by atoms with Gasteiger partial charge in [0.1, 0.15) is 0 Å². The summed E-state index contributed by atoms with van der Waals surface area (Å²) in [5, 5.41) is 0.721. The highest BCUT2D eigenvalue weighted by Crippen LogP contribution is 2.30. The largest absolute Gasteiger partial charge is 0.323 e. The van der Waals surface area contributed by atoms with Gasteiger partial charge in [0, 0.05) is 144 Å². The molecule has 0 saturated carbocycles. The van der Waals surface area contributed by atoms with Crippen molar-refractivity contribution in [1.82, 2.24) is 49.0 Å². The van der Waals surface area contributed by atoms with E-state index in [9.17, 15) is 24.0 Å². The van der Waals surface area contributed by atoms with Crippen molar-refractivity contribution in [3.05, 3.63) is 107 Å². The number of aryl methyl sites for hydroxylation is 2. The predicted molar refractivity (Wildman–Crippen MR) is 433 cm³/mol. The molecule has 0 spiro atoms. The van der Waals surface area contributed by atoms with E-state index in [1.54, 1.807) is 0 Å². The van der Waals surface area contributed by atoms with E-state index in [0.29, 0.717) is 29.6 Å². The number of rotatable bonds is 33. The highest BCUT2D eigenvalue weighted by molar-refractivity contribution is 7.82. The van der Waals surface area contributed by atoms with Crippen molar-refractivity contribution in [1.29, 1.82) is 0 Å². The summed E-state index contributed by atoms with van der Waals surface area (Å²) < 4.78 is -0.0262. The summed E-state index contributed by atoms with van der Waals surface area (Å²) in [7, 11) is 0. The molecule has 5 aliphatic heterocycles. The Hall–Kier alpha value is -2.49. The lowest BCUT2D eigenvalue weighted by Gasteiger charge is -2.24. The normalized spacial score (nSPS) is 18.1. The number of urea groups is 5. The number of hydrogen-bond donors (Lipinski definition) is 10. The van der Waals surface area contributed by atoms with E-state index in [4.69, 9.17) is 0 Å². The topological polar surface area (TPSA) is 118 Å². The van der Waals surface area contributed by atoms with E-state index in [1.807, 2.05) is 67.2 Å². The molecule has 95 heavy (non-hydrogen) atoms. The molecule has 3 aromatic rings. The molecule has 5 fully saturated rings. The Labute approximate surface area is 627 Å². The predicted octanol–water partition coefficient (Wildman–Crippen LogP) is 14.0. The van der Waals surface area contributed by atoms with Crippen LogP contribution in [0.5, 0.6) is 0 Å². The standard InChI is InChI=1S/C21H26N2OS2.C15H22N2OS2.C13H26N2OS2.C11H22N2OS2.C10H20N2OS2/c24-21-22(15-19-5-1-17(2-6-19)9-13-25)11-12-23(21)16-20-7-3-18(4-8-20)10-14-26;18-15-16(8-4-10-19)12-14(17(15)9-5-11-20)13-6-2-1-3-7-13;1-12(2,17)5-7-14-9-10-15(11(14)16)8-6-13(3,4)18;1-9(15)3-5-12-7-8-13(11(12)14)6-4-10(2)16;1-9-8-11(4-2-6-14)10(13)12(9)5-3-7-15/h1-8,25-26H,9-16H2;1-3,6-7,14,19-20H,4-5,8-12H2;17-18H,5-10H2,1-4H3;9-10,15-16H,3-8H2,1-2H3;9,14-15H,2-8H2,1H3. The van der Waals surface area contributed by atoms with Gasteiger partial charge in [-0.15, -0.1) is 0 Å². The lowest BCUT2D eigenvalue weighted by atomic mass is 10.1. The highest BCUT2D eigenvalue weighted by Gasteiger charge is 2.38. The van der Waals surface area contributed by atoms with E-state index in [0.717, 1.165) is 203 Å². The Morgan fingerprint density at radius 3 is 1.12 bits per heavy atom. The van der Waals surface area contributed by atoms with Gasteiger partial charge >= 0.3 is 30.2 Å². The van der Waals surface area contributed by atoms with Gasteiger partial charge in [0.15, 0.2) is 0 Å². The van der Waals surface area contributed by atoms with Gasteiger partial charge in [-0.05, 0) is 133 Å². The molecular weight excluding hydrogens is 1380 g/mol. The monoisotopic (exact) mass is 1500 g/mol. The fourth-order valence-electron chi connectivity index (χ4n) is 11.3. The lowest BCUT2D eigenvalue weighted by molar-refractivity contribution is 0.186. The van der Waals surface area contributed by atoms with Crippen LogP contribution in [0.25, 0.3) is 0 Å². The number of nitrogens with zero attached hydrogens (tertiary/aromatic N) is 10. The van der Waals surface area contributed by atoms with Crippen LogP contribution >= 0.6 is 126 Å². The summed E-state index contributed by atoms with van der Waals surface area (Å²) in [6, 6.07) is 28.6. The molecule has 8 rings (SSSR count). The second-order valence-electron chi connectivity index (χ2n) is 26.5. The van der Waals surface area contributed by atoms with Crippen LogP contribution < -0.4 is 0 Å². The van der Waals surface area contributed by atoms with E-state index in [-0.39, 0.29) is 45.7 Å². The minimum atomic E-state index is -0.0131. The van der Waals surface area contributed by atoms with Gasteiger partial charge in [-0.1, -0.05) is 120 Å². The molecule has 0 radical (unpaired) electrons. The third-order valence-electron chi connectivity index (χ3n) is 17.0. The molecule has 3 aromatic carbocycles. The third kappa shape index (κ3) is 31.5. The Kier molecular flexibility index (Phi) is 40.6. The number of amides is 10. The molecule has 4 unspecified atom stereocenters. The smallest absolute Gasteiger partial charge is 0.320 e. The fraction of sp³-hybridized carbons (Fsp3) is 0.671. The number of carbonyl (C=O) groups is 5. The Morgan fingerprint density at radius 2 is 0.737 bits per heavy atom. The van der Waals surface area contributed by atoms with Crippen LogP contribution in [0.4, 0.5) is 24.0 Å². The van der Waals surface area contributed by atoms with Crippen LogP contribution in [-0.2, 0) is 25.9 Å². The second-order valence-corrected chi connectivity index (χ2v) is 33.4. The second kappa shape index (κ2) is 45.4. The summed E-state index contributed by atoms with van der Waals surface area (Å²) in [6.45, 7) is 29.0. The molecule has 15 nitrogen and oxygen atoms in total. The minimum Gasteiger partial charge on any atom is -0.323 e. The maximum atomic E-state index is 12.7. The summed E-state index contributed by atoms with van der Waals surface area (Å²) in [5.74, 6) is 5.02. The summed E-state index contributed by atoms with van der Waals surface area (Å²) in [6.07, 6.45) is 9.55. The van der Waals surface area contributed by atoms with Crippen LogP contribution in [-0.4, -0.2) is 244 Å². The van der Waals surface area contributed by atoms with Crippen LogP contribution in [0, 0.1) is 0 Å². The maximum Gasteiger partial charge on any atom is 0.320 e. The molecule has 0 aliphatic carbocycles. The Balaban J connectivity index is 0.000000257. The van der Waals surface area contributed by atoms with Gasteiger partial charge in [-0.25, -0.2) is 24.0 Å². The molecule has 10 amide bonds. The van der Waals surface area contributed by atoms with Gasteiger partial charge < -0.3 is 49.0 Å². The molecule has 4 atom stereocenters. The van der Waals surface area contributed by atoms with Crippen molar-refractivity contribution < 1.29 is 24.0 Å². The number of hydrogen-bond acceptors (Lipinski definition) is 15.